The zero-order chi connectivity index (χ0) is 18.6. The highest BCUT2D eigenvalue weighted by atomic mass is 19.4. The maximum absolute atomic E-state index is 13.8. The Morgan fingerprint density at radius 1 is 1.12 bits per heavy atom. The fourth-order valence-electron chi connectivity index (χ4n) is 1.86. The van der Waals surface area contributed by atoms with Crippen molar-refractivity contribution in [3.8, 4) is 5.75 Å². The summed E-state index contributed by atoms with van der Waals surface area (Å²) in [6, 6.07) is 9.52. The molecule has 0 aliphatic carbocycles. The lowest BCUT2D eigenvalue weighted by Crippen LogP contribution is -2.30. The zero-order valence-corrected chi connectivity index (χ0v) is 12.4. The van der Waals surface area contributed by atoms with E-state index >= 15 is 0 Å². The van der Waals surface area contributed by atoms with E-state index in [1.807, 2.05) is 0 Å². The molecular weight excluding hydrogens is 346 g/mol. The number of rotatable bonds is 5. The Morgan fingerprint density at radius 2 is 1.76 bits per heavy atom. The molecule has 25 heavy (non-hydrogen) atoms. The van der Waals surface area contributed by atoms with Gasteiger partial charge in [0.2, 0.25) is 0 Å². The average molecular weight is 356 g/mol. The summed E-state index contributed by atoms with van der Waals surface area (Å²) in [7, 11) is 0. The Bertz CT molecular complexity index is 791. The summed E-state index contributed by atoms with van der Waals surface area (Å²) in [5, 5.41) is 12.4. The van der Waals surface area contributed by atoms with Gasteiger partial charge in [-0.1, -0.05) is 30.3 Å². The van der Waals surface area contributed by atoms with Crippen LogP contribution in [0.4, 0.5) is 23.2 Å². The highest BCUT2D eigenvalue weighted by Crippen LogP contribution is 2.28. The average Bonchev–Trinajstić information content (AvgIpc) is 2.54. The number of hydrogen-bond acceptors (Lipinski definition) is 4. The molecule has 1 N–H and O–H groups in total. The minimum absolute atomic E-state index is 0.126. The number of halogens is 4. The minimum atomic E-state index is -5.23. The van der Waals surface area contributed by atoms with E-state index in [0.29, 0.717) is 17.7 Å². The number of hydrogen-bond donors (Lipinski definition) is 1. The van der Waals surface area contributed by atoms with E-state index in [1.165, 1.54) is 5.32 Å². The number of alkyl halides is 3. The first-order chi connectivity index (χ1) is 11.7. The van der Waals surface area contributed by atoms with Gasteiger partial charge in [0.05, 0.1) is 11.7 Å². The van der Waals surface area contributed by atoms with Gasteiger partial charge in [-0.15, -0.1) is 0 Å². The molecule has 0 atom stereocenters. The van der Waals surface area contributed by atoms with Crippen molar-refractivity contribution in [3.05, 3.63) is 59.4 Å². The molecule has 0 aliphatic heterocycles. The predicted octanol–water partition coefficient (Wildman–Crippen LogP) is 2.27. The maximum atomic E-state index is 13.8. The molecule has 0 aliphatic rings. The number of amides is 1. The molecule has 0 radical (unpaired) electrons. The molecule has 0 saturated heterocycles. The number of carboxylic acids is 1. The van der Waals surface area contributed by atoms with Crippen LogP contribution in [0.25, 0.3) is 0 Å². The third kappa shape index (κ3) is 4.69. The smallest absolute Gasteiger partial charge is 0.471 e. The number of nitrogens with one attached hydrogen (secondary N) is 1. The molecule has 0 spiro atoms. The first-order valence-corrected chi connectivity index (χ1v) is 6.78. The first kappa shape index (κ1) is 18.2. The normalized spacial score (nSPS) is 11.0. The summed E-state index contributed by atoms with van der Waals surface area (Å²) in [5.41, 5.74) is -0.925. The van der Waals surface area contributed by atoms with Gasteiger partial charge in [0.15, 0.2) is 0 Å². The van der Waals surface area contributed by atoms with Crippen LogP contribution in [0.3, 0.4) is 0 Å². The van der Waals surface area contributed by atoms with E-state index in [2.05, 4.69) is 0 Å². The van der Waals surface area contributed by atoms with Gasteiger partial charge in [-0.25, -0.2) is 4.39 Å². The van der Waals surface area contributed by atoms with Crippen molar-refractivity contribution in [1.29, 1.82) is 0 Å². The minimum Gasteiger partial charge on any atom is -0.545 e. The van der Waals surface area contributed by atoms with Gasteiger partial charge in [-0.05, 0) is 11.6 Å². The molecule has 0 saturated carbocycles. The van der Waals surface area contributed by atoms with E-state index < -0.39 is 40.9 Å². The lowest BCUT2D eigenvalue weighted by atomic mass is 10.1. The lowest BCUT2D eigenvalue weighted by molar-refractivity contribution is -0.255. The number of ether oxygens (including phenoxy) is 1. The summed E-state index contributed by atoms with van der Waals surface area (Å²) in [5.74, 6) is -6.00. The van der Waals surface area contributed by atoms with E-state index in [-0.39, 0.29) is 6.61 Å². The van der Waals surface area contributed by atoms with Crippen LogP contribution in [-0.4, -0.2) is 18.1 Å². The van der Waals surface area contributed by atoms with E-state index in [1.54, 1.807) is 30.3 Å². The monoisotopic (exact) mass is 356 g/mol. The zero-order valence-electron chi connectivity index (χ0n) is 12.4. The van der Waals surface area contributed by atoms with Crippen molar-refractivity contribution in [1.82, 2.24) is 0 Å². The summed E-state index contributed by atoms with van der Waals surface area (Å²) in [4.78, 5) is 22.0. The van der Waals surface area contributed by atoms with Crippen molar-refractivity contribution < 1.29 is 37.0 Å². The summed E-state index contributed by atoms with van der Waals surface area (Å²) < 4.78 is 55.8. The lowest BCUT2D eigenvalue weighted by Gasteiger charge is -2.16. The molecule has 1 amide bonds. The van der Waals surface area contributed by atoms with Crippen LogP contribution in [0.1, 0.15) is 15.9 Å². The van der Waals surface area contributed by atoms with Crippen molar-refractivity contribution in [3.63, 3.8) is 0 Å². The maximum Gasteiger partial charge on any atom is 0.471 e. The van der Waals surface area contributed by atoms with Gasteiger partial charge in [0.1, 0.15) is 18.2 Å². The number of anilines is 1. The molecule has 2 aromatic carbocycles. The second kappa shape index (κ2) is 7.20. The molecule has 2 rings (SSSR count). The van der Waals surface area contributed by atoms with Gasteiger partial charge in [0, 0.05) is 11.6 Å². The molecule has 9 heteroatoms. The number of benzene rings is 2. The largest absolute Gasteiger partial charge is 0.545 e. The Balaban J connectivity index is 2.31. The standard InChI is InChI=1S/C16H11F4NO4/c17-11-6-10(14(22)23)13(25-8-9-4-2-1-3-5-9)7-12(11)21-15(24)16(18,19)20/h1-7H,8H2,(H,21,24)(H,22,23)/p-1. The van der Waals surface area contributed by atoms with E-state index in [9.17, 15) is 32.3 Å². The Morgan fingerprint density at radius 3 is 2.32 bits per heavy atom. The van der Waals surface area contributed by atoms with Crippen LogP contribution in [0.15, 0.2) is 42.5 Å². The third-order valence-electron chi connectivity index (χ3n) is 3.03. The summed E-state index contributed by atoms with van der Waals surface area (Å²) >= 11 is 0. The molecular formula is C16H10F4NO4-. The molecule has 2 aromatic rings. The molecule has 0 heterocycles. The highest BCUT2D eigenvalue weighted by Gasteiger charge is 2.39. The Hall–Kier alpha value is -3.10. The highest BCUT2D eigenvalue weighted by molar-refractivity contribution is 5.96. The first-order valence-electron chi connectivity index (χ1n) is 6.78. The second-order valence-corrected chi connectivity index (χ2v) is 4.84. The van der Waals surface area contributed by atoms with Crippen LogP contribution in [0.2, 0.25) is 0 Å². The molecule has 0 unspecified atom stereocenters. The molecule has 0 fully saturated rings. The van der Waals surface area contributed by atoms with E-state index in [0.717, 1.165) is 0 Å². The summed E-state index contributed by atoms with van der Waals surface area (Å²) in [6.07, 6.45) is -5.23. The van der Waals surface area contributed by atoms with Crippen molar-refractivity contribution in [2.24, 2.45) is 0 Å². The third-order valence-corrected chi connectivity index (χ3v) is 3.03. The Kier molecular flexibility index (Phi) is 5.26. The molecule has 132 valence electrons. The number of carbonyl (C=O) groups excluding carboxylic acids is 2. The fourth-order valence-corrected chi connectivity index (χ4v) is 1.86. The van der Waals surface area contributed by atoms with Crippen LogP contribution in [-0.2, 0) is 11.4 Å². The van der Waals surface area contributed by atoms with Crippen molar-refractivity contribution in [2.45, 2.75) is 12.8 Å². The second-order valence-electron chi connectivity index (χ2n) is 4.84. The number of carboxylic acid groups (broad SMARTS) is 1. The SMILES string of the molecule is O=C([O-])c1cc(F)c(NC(=O)C(F)(F)F)cc1OCc1ccccc1. The van der Waals surface area contributed by atoms with Crippen LogP contribution in [0, 0.1) is 5.82 Å². The fraction of sp³-hybridized carbons (Fsp3) is 0.125. The van der Waals surface area contributed by atoms with Gasteiger partial charge in [-0.2, -0.15) is 13.2 Å². The van der Waals surface area contributed by atoms with Gasteiger partial charge >= 0.3 is 12.1 Å². The quantitative estimate of drug-likeness (QED) is 0.834. The van der Waals surface area contributed by atoms with Crippen molar-refractivity contribution >= 4 is 17.6 Å². The molecule has 0 bridgehead atoms. The van der Waals surface area contributed by atoms with Gasteiger partial charge < -0.3 is 20.0 Å². The Labute approximate surface area is 138 Å². The topological polar surface area (TPSA) is 78.5 Å². The van der Waals surface area contributed by atoms with Gasteiger partial charge in [-0.3, -0.25) is 4.79 Å². The molecule has 0 aromatic heterocycles. The number of carbonyl (C=O) groups is 2. The van der Waals surface area contributed by atoms with Crippen molar-refractivity contribution in [2.75, 3.05) is 5.32 Å². The molecule has 5 nitrogen and oxygen atoms in total. The van der Waals surface area contributed by atoms with Crippen LogP contribution in [0.5, 0.6) is 5.75 Å². The summed E-state index contributed by atoms with van der Waals surface area (Å²) in [6.45, 7) is -0.126. The van der Waals surface area contributed by atoms with Gasteiger partial charge in [0.25, 0.3) is 0 Å². The number of aromatic carboxylic acids is 1. The predicted molar refractivity (Wildman–Crippen MR) is 76.2 cm³/mol. The van der Waals surface area contributed by atoms with E-state index in [4.69, 9.17) is 4.74 Å². The van der Waals surface area contributed by atoms with Crippen LogP contribution >= 0.6 is 0 Å². The van der Waals surface area contributed by atoms with Crippen LogP contribution < -0.4 is 15.2 Å².